The summed E-state index contributed by atoms with van der Waals surface area (Å²) in [5.74, 6) is -1.40. The normalized spacial score (nSPS) is 10.6. The molecule has 0 atom stereocenters. The predicted octanol–water partition coefficient (Wildman–Crippen LogP) is 4.53. The van der Waals surface area contributed by atoms with Gasteiger partial charge in [0.15, 0.2) is 5.78 Å². The zero-order valence-electron chi connectivity index (χ0n) is 11.4. The molecular weight excluding hydrogens is 344 g/mol. The quantitative estimate of drug-likeness (QED) is 0.703. The molecule has 0 unspecified atom stereocenters. The fourth-order valence-electron chi connectivity index (χ4n) is 2.45. The van der Waals surface area contributed by atoms with Crippen LogP contribution in [-0.2, 0) is 0 Å². The number of carboxylic acid groups (broad SMARTS) is 1. The molecule has 0 bridgehead atoms. The van der Waals surface area contributed by atoms with E-state index in [2.05, 4.69) is 15.9 Å². The summed E-state index contributed by atoms with van der Waals surface area (Å²) in [6.45, 7) is 0. The van der Waals surface area contributed by atoms with Crippen molar-refractivity contribution in [1.29, 1.82) is 0 Å². The van der Waals surface area contributed by atoms with Gasteiger partial charge in [-0.05, 0) is 41.1 Å². The number of aromatic carboxylic acids is 1. The highest BCUT2D eigenvalue weighted by atomic mass is 79.9. The molecule has 0 aromatic heterocycles. The fourth-order valence-corrected chi connectivity index (χ4v) is 2.71. The van der Waals surface area contributed by atoms with E-state index >= 15 is 0 Å². The maximum absolute atomic E-state index is 12.6. The largest absolute Gasteiger partial charge is 0.478 e. The number of halogens is 1. The molecule has 3 aromatic rings. The van der Waals surface area contributed by atoms with Gasteiger partial charge in [0.2, 0.25) is 0 Å². The van der Waals surface area contributed by atoms with Crippen molar-refractivity contribution in [3.63, 3.8) is 0 Å². The summed E-state index contributed by atoms with van der Waals surface area (Å²) >= 11 is 3.32. The Hall–Kier alpha value is -2.46. The molecule has 0 aliphatic carbocycles. The van der Waals surface area contributed by atoms with Crippen molar-refractivity contribution < 1.29 is 14.7 Å². The minimum atomic E-state index is -1.10. The standard InChI is InChI=1S/C18H11BrO3/c19-13-8-5-12(6-9-13)17(20)15-10-7-11-3-1-2-4-14(11)16(15)18(21)22/h1-10H,(H,21,22). The maximum atomic E-state index is 12.6. The molecule has 0 amide bonds. The van der Waals surface area contributed by atoms with Gasteiger partial charge in [0.05, 0.1) is 5.56 Å². The molecule has 0 heterocycles. The van der Waals surface area contributed by atoms with Crippen LogP contribution in [0.15, 0.2) is 65.1 Å². The van der Waals surface area contributed by atoms with E-state index in [1.165, 1.54) is 0 Å². The third kappa shape index (κ3) is 2.53. The van der Waals surface area contributed by atoms with Crippen molar-refractivity contribution in [3.05, 3.63) is 81.8 Å². The van der Waals surface area contributed by atoms with Crippen molar-refractivity contribution >= 4 is 38.5 Å². The van der Waals surface area contributed by atoms with Gasteiger partial charge in [-0.3, -0.25) is 4.79 Å². The van der Waals surface area contributed by atoms with Crippen molar-refractivity contribution in [2.45, 2.75) is 0 Å². The molecule has 1 N–H and O–H groups in total. The van der Waals surface area contributed by atoms with Crippen LogP contribution >= 0.6 is 15.9 Å². The first-order valence-electron chi connectivity index (χ1n) is 6.63. The molecule has 3 nitrogen and oxygen atoms in total. The molecule has 0 saturated heterocycles. The van der Waals surface area contributed by atoms with Gasteiger partial charge in [0.25, 0.3) is 0 Å². The van der Waals surface area contributed by atoms with Gasteiger partial charge in [0.1, 0.15) is 0 Å². The van der Waals surface area contributed by atoms with Crippen molar-refractivity contribution in [3.8, 4) is 0 Å². The Bertz CT molecular complexity index is 882. The van der Waals surface area contributed by atoms with E-state index in [0.717, 1.165) is 9.86 Å². The summed E-state index contributed by atoms with van der Waals surface area (Å²) in [6, 6.07) is 17.4. The summed E-state index contributed by atoms with van der Waals surface area (Å²) in [5, 5.41) is 10.9. The first-order chi connectivity index (χ1) is 10.6. The Balaban J connectivity index is 2.22. The van der Waals surface area contributed by atoms with Gasteiger partial charge in [-0.2, -0.15) is 0 Å². The van der Waals surface area contributed by atoms with Gasteiger partial charge >= 0.3 is 5.97 Å². The van der Waals surface area contributed by atoms with Crippen LogP contribution in [0.5, 0.6) is 0 Å². The van der Waals surface area contributed by atoms with Crippen LogP contribution in [0.25, 0.3) is 10.8 Å². The second-order valence-electron chi connectivity index (χ2n) is 4.85. The second-order valence-corrected chi connectivity index (χ2v) is 5.77. The molecule has 0 saturated carbocycles. The Morgan fingerprint density at radius 3 is 2.23 bits per heavy atom. The van der Waals surface area contributed by atoms with Crippen LogP contribution < -0.4 is 0 Å². The average molecular weight is 355 g/mol. The highest BCUT2D eigenvalue weighted by Gasteiger charge is 2.20. The number of benzene rings is 3. The van der Waals surface area contributed by atoms with E-state index in [4.69, 9.17) is 0 Å². The molecule has 0 aliphatic rings. The summed E-state index contributed by atoms with van der Waals surface area (Å²) in [7, 11) is 0. The number of hydrogen-bond donors (Lipinski definition) is 1. The molecule has 0 spiro atoms. The molecular formula is C18H11BrO3. The molecule has 3 rings (SSSR count). The van der Waals surface area contributed by atoms with E-state index < -0.39 is 5.97 Å². The lowest BCUT2D eigenvalue weighted by atomic mass is 9.93. The third-order valence-corrected chi connectivity index (χ3v) is 4.02. The first-order valence-corrected chi connectivity index (χ1v) is 7.42. The number of carbonyl (C=O) groups is 2. The zero-order chi connectivity index (χ0) is 15.7. The number of carbonyl (C=O) groups excluding carboxylic acids is 1. The highest BCUT2D eigenvalue weighted by molar-refractivity contribution is 9.10. The van der Waals surface area contributed by atoms with Crippen molar-refractivity contribution in [1.82, 2.24) is 0 Å². The lowest BCUT2D eigenvalue weighted by Crippen LogP contribution is -2.10. The first kappa shape index (κ1) is 14.5. The van der Waals surface area contributed by atoms with Crippen LogP contribution in [0.3, 0.4) is 0 Å². The molecule has 4 heteroatoms. The Morgan fingerprint density at radius 2 is 1.55 bits per heavy atom. The van der Waals surface area contributed by atoms with Crippen LogP contribution in [0, 0.1) is 0 Å². The topological polar surface area (TPSA) is 54.4 Å². The monoisotopic (exact) mass is 354 g/mol. The Morgan fingerprint density at radius 1 is 0.864 bits per heavy atom. The lowest BCUT2D eigenvalue weighted by molar-refractivity contribution is 0.0695. The SMILES string of the molecule is O=C(c1ccc(Br)cc1)c1ccc2ccccc2c1C(=O)O. The molecule has 0 radical (unpaired) electrons. The highest BCUT2D eigenvalue weighted by Crippen LogP contribution is 2.25. The molecule has 22 heavy (non-hydrogen) atoms. The van der Waals surface area contributed by atoms with Crippen LogP contribution in [0.2, 0.25) is 0 Å². The number of rotatable bonds is 3. The second kappa shape index (κ2) is 5.73. The molecule has 108 valence electrons. The Labute approximate surface area is 135 Å². The van der Waals surface area contributed by atoms with E-state index in [-0.39, 0.29) is 16.9 Å². The van der Waals surface area contributed by atoms with Crippen molar-refractivity contribution in [2.24, 2.45) is 0 Å². The van der Waals surface area contributed by atoms with E-state index in [1.54, 1.807) is 48.5 Å². The lowest BCUT2D eigenvalue weighted by Gasteiger charge is -2.09. The smallest absolute Gasteiger partial charge is 0.337 e. The number of fused-ring (bicyclic) bond motifs is 1. The van der Waals surface area contributed by atoms with E-state index in [1.807, 2.05) is 12.1 Å². The van der Waals surface area contributed by atoms with Crippen LogP contribution in [0.4, 0.5) is 0 Å². The van der Waals surface area contributed by atoms with Gasteiger partial charge in [0, 0.05) is 15.6 Å². The summed E-state index contributed by atoms with van der Waals surface area (Å²) in [5.41, 5.74) is 0.709. The predicted molar refractivity (Wildman–Crippen MR) is 88.5 cm³/mol. The molecule has 3 aromatic carbocycles. The number of carboxylic acids is 1. The van der Waals surface area contributed by atoms with Crippen LogP contribution in [0.1, 0.15) is 26.3 Å². The Kier molecular flexibility index (Phi) is 3.77. The van der Waals surface area contributed by atoms with Gasteiger partial charge < -0.3 is 5.11 Å². The number of ketones is 1. The average Bonchev–Trinajstić information content (AvgIpc) is 2.53. The van der Waals surface area contributed by atoms with Gasteiger partial charge in [-0.1, -0.05) is 46.3 Å². The zero-order valence-corrected chi connectivity index (χ0v) is 13.0. The molecule has 0 aliphatic heterocycles. The fraction of sp³-hybridized carbons (Fsp3) is 0. The van der Waals surface area contributed by atoms with Crippen LogP contribution in [-0.4, -0.2) is 16.9 Å². The van der Waals surface area contributed by atoms with Gasteiger partial charge in [-0.15, -0.1) is 0 Å². The summed E-state index contributed by atoms with van der Waals surface area (Å²) in [6.07, 6.45) is 0. The third-order valence-electron chi connectivity index (χ3n) is 3.49. The molecule has 0 fully saturated rings. The maximum Gasteiger partial charge on any atom is 0.337 e. The summed E-state index contributed by atoms with van der Waals surface area (Å²) in [4.78, 5) is 24.3. The van der Waals surface area contributed by atoms with Gasteiger partial charge in [-0.25, -0.2) is 4.79 Å². The summed E-state index contributed by atoms with van der Waals surface area (Å²) < 4.78 is 0.862. The van der Waals surface area contributed by atoms with Crippen molar-refractivity contribution in [2.75, 3.05) is 0 Å². The number of hydrogen-bond acceptors (Lipinski definition) is 2. The van der Waals surface area contributed by atoms with E-state index in [9.17, 15) is 14.7 Å². The minimum absolute atomic E-state index is 0.0472. The minimum Gasteiger partial charge on any atom is -0.478 e. The van der Waals surface area contributed by atoms with E-state index in [0.29, 0.717) is 10.9 Å².